The third-order valence-corrected chi connectivity index (χ3v) is 4.08. The van der Waals surface area contributed by atoms with E-state index in [2.05, 4.69) is 15.6 Å². The maximum absolute atomic E-state index is 11.7. The van der Waals surface area contributed by atoms with E-state index in [1.165, 1.54) is 29.0 Å². The van der Waals surface area contributed by atoms with Crippen LogP contribution in [-0.2, 0) is 17.9 Å². The van der Waals surface area contributed by atoms with Gasteiger partial charge < -0.3 is 11.1 Å². The van der Waals surface area contributed by atoms with Gasteiger partial charge in [0.05, 0.1) is 11.9 Å². The Bertz CT molecular complexity index is 389. The summed E-state index contributed by atoms with van der Waals surface area (Å²) in [5.41, 5.74) is 6.13. The lowest BCUT2D eigenvalue weighted by Gasteiger charge is -2.21. The van der Waals surface area contributed by atoms with Crippen molar-refractivity contribution in [1.29, 1.82) is 0 Å². The highest BCUT2D eigenvalue weighted by molar-refractivity contribution is 7.99. The fourth-order valence-corrected chi connectivity index (χ4v) is 3.13. The summed E-state index contributed by atoms with van der Waals surface area (Å²) in [5, 5.41) is 10.6. The van der Waals surface area contributed by atoms with Crippen LogP contribution in [0.25, 0.3) is 0 Å². The van der Waals surface area contributed by atoms with E-state index in [0.29, 0.717) is 18.2 Å². The number of carbonyl (C=O) groups is 1. The Morgan fingerprint density at radius 2 is 2.33 bits per heavy atom. The van der Waals surface area contributed by atoms with Crippen LogP contribution >= 0.6 is 11.8 Å². The lowest BCUT2D eigenvalue weighted by molar-refractivity contribution is -0.122. The number of carbonyl (C=O) groups excluding carboxylic acids is 1. The van der Waals surface area contributed by atoms with Gasteiger partial charge in [-0.25, -0.2) is 4.68 Å². The standard InChI is InChI=1S/C11H19N5OS/c12-5-10-7-16(15-14-10)8-11(17)13-6-9-1-3-18-4-2-9/h7,9H,1-6,8,12H2,(H,13,17). The first-order valence-corrected chi connectivity index (χ1v) is 7.37. The van der Waals surface area contributed by atoms with Gasteiger partial charge in [-0.3, -0.25) is 4.79 Å². The van der Waals surface area contributed by atoms with Gasteiger partial charge >= 0.3 is 0 Å². The molecule has 0 aromatic carbocycles. The summed E-state index contributed by atoms with van der Waals surface area (Å²) < 4.78 is 1.52. The van der Waals surface area contributed by atoms with Crippen LogP contribution in [0.1, 0.15) is 18.5 Å². The van der Waals surface area contributed by atoms with E-state index in [1.807, 2.05) is 11.8 Å². The van der Waals surface area contributed by atoms with Crippen molar-refractivity contribution < 1.29 is 4.79 Å². The van der Waals surface area contributed by atoms with Crippen molar-refractivity contribution in [3.05, 3.63) is 11.9 Å². The van der Waals surface area contributed by atoms with E-state index in [4.69, 9.17) is 5.73 Å². The highest BCUT2D eigenvalue weighted by Crippen LogP contribution is 2.21. The summed E-state index contributed by atoms with van der Waals surface area (Å²) in [4.78, 5) is 11.7. The summed E-state index contributed by atoms with van der Waals surface area (Å²) in [6, 6.07) is 0. The molecule has 0 atom stereocenters. The first-order valence-electron chi connectivity index (χ1n) is 6.21. The van der Waals surface area contributed by atoms with E-state index in [1.54, 1.807) is 6.20 Å². The van der Waals surface area contributed by atoms with Crippen molar-refractivity contribution in [1.82, 2.24) is 20.3 Å². The van der Waals surface area contributed by atoms with Crippen molar-refractivity contribution in [3.8, 4) is 0 Å². The minimum Gasteiger partial charge on any atom is -0.354 e. The Morgan fingerprint density at radius 1 is 1.56 bits per heavy atom. The van der Waals surface area contributed by atoms with Gasteiger partial charge in [-0.15, -0.1) is 5.10 Å². The zero-order chi connectivity index (χ0) is 12.8. The number of hydrogen-bond acceptors (Lipinski definition) is 5. The highest BCUT2D eigenvalue weighted by atomic mass is 32.2. The Balaban J connectivity index is 1.71. The molecule has 3 N–H and O–H groups in total. The minimum atomic E-state index is -0.0123. The van der Waals surface area contributed by atoms with Crippen molar-refractivity contribution in [2.75, 3.05) is 18.1 Å². The number of thioether (sulfide) groups is 1. The lowest BCUT2D eigenvalue weighted by Crippen LogP contribution is -2.33. The number of nitrogens with one attached hydrogen (secondary N) is 1. The predicted octanol–water partition coefficient (Wildman–Crippen LogP) is -0.00380. The number of amides is 1. The maximum Gasteiger partial charge on any atom is 0.241 e. The SMILES string of the molecule is NCc1cn(CC(=O)NCC2CCSCC2)nn1. The van der Waals surface area contributed by atoms with Crippen LogP contribution in [0.2, 0.25) is 0 Å². The largest absolute Gasteiger partial charge is 0.354 e. The number of nitrogens with two attached hydrogens (primary N) is 1. The molecule has 1 aromatic heterocycles. The van der Waals surface area contributed by atoms with Crippen LogP contribution in [0, 0.1) is 5.92 Å². The summed E-state index contributed by atoms with van der Waals surface area (Å²) in [5.74, 6) is 3.04. The van der Waals surface area contributed by atoms with Crippen LogP contribution < -0.4 is 11.1 Å². The quantitative estimate of drug-likeness (QED) is 0.785. The number of aromatic nitrogens is 3. The summed E-state index contributed by atoms with van der Waals surface area (Å²) in [6.07, 6.45) is 4.11. The molecule has 1 aromatic rings. The molecule has 0 unspecified atom stereocenters. The highest BCUT2D eigenvalue weighted by Gasteiger charge is 2.14. The molecule has 2 heterocycles. The molecule has 1 fully saturated rings. The normalized spacial score (nSPS) is 16.7. The smallest absolute Gasteiger partial charge is 0.241 e. The Labute approximate surface area is 111 Å². The molecule has 1 amide bonds. The van der Waals surface area contributed by atoms with Gasteiger partial charge in [0.2, 0.25) is 5.91 Å². The fourth-order valence-electron chi connectivity index (χ4n) is 1.92. The first kappa shape index (κ1) is 13.4. The minimum absolute atomic E-state index is 0.0123. The molecule has 1 aliphatic rings. The molecular formula is C11H19N5OS. The molecule has 100 valence electrons. The summed E-state index contributed by atoms with van der Waals surface area (Å²) >= 11 is 1.99. The molecule has 0 spiro atoms. The third kappa shape index (κ3) is 3.99. The van der Waals surface area contributed by atoms with E-state index >= 15 is 0 Å². The van der Waals surface area contributed by atoms with Gasteiger partial charge in [-0.2, -0.15) is 11.8 Å². The number of rotatable bonds is 5. The Morgan fingerprint density at radius 3 is 3.00 bits per heavy atom. The average Bonchev–Trinajstić information content (AvgIpc) is 2.85. The van der Waals surface area contributed by atoms with Crippen LogP contribution in [-0.4, -0.2) is 39.0 Å². The molecule has 0 radical (unpaired) electrons. The predicted molar refractivity (Wildman–Crippen MR) is 71.0 cm³/mol. The van der Waals surface area contributed by atoms with E-state index in [9.17, 15) is 4.79 Å². The monoisotopic (exact) mass is 269 g/mol. The van der Waals surface area contributed by atoms with Crippen LogP contribution in [0.15, 0.2) is 6.20 Å². The lowest BCUT2D eigenvalue weighted by atomic mass is 10.0. The van der Waals surface area contributed by atoms with Crippen molar-refractivity contribution in [2.24, 2.45) is 11.7 Å². The zero-order valence-corrected chi connectivity index (χ0v) is 11.2. The van der Waals surface area contributed by atoms with Gasteiger partial charge in [-0.05, 0) is 30.3 Å². The van der Waals surface area contributed by atoms with E-state index in [-0.39, 0.29) is 12.5 Å². The van der Waals surface area contributed by atoms with Gasteiger partial charge in [0, 0.05) is 13.1 Å². The molecule has 18 heavy (non-hydrogen) atoms. The molecule has 2 rings (SSSR count). The average molecular weight is 269 g/mol. The molecule has 0 aliphatic carbocycles. The van der Waals surface area contributed by atoms with Gasteiger partial charge in [0.1, 0.15) is 6.54 Å². The van der Waals surface area contributed by atoms with E-state index in [0.717, 1.165) is 6.54 Å². The molecule has 1 aliphatic heterocycles. The topological polar surface area (TPSA) is 85.8 Å². The second kappa shape index (κ2) is 6.75. The third-order valence-electron chi connectivity index (χ3n) is 3.03. The number of hydrogen-bond donors (Lipinski definition) is 2. The van der Waals surface area contributed by atoms with Crippen LogP contribution in [0.5, 0.6) is 0 Å². The molecule has 0 saturated carbocycles. The van der Waals surface area contributed by atoms with Crippen molar-refractivity contribution >= 4 is 17.7 Å². The summed E-state index contributed by atoms with van der Waals surface area (Å²) in [7, 11) is 0. The van der Waals surface area contributed by atoms with Crippen LogP contribution in [0.4, 0.5) is 0 Å². The first-order chi connectivity index (χ1) is 8.78. The fraction of sp³-hybridized carbons (Fsp3) is 0.727. The van der Waals surface area contributed by atoms with Gasteiger partial charge in [-0.1, -0.05) is 5.21 Å². The zero-order valence-electron chi connectivity index (χ0n) is 10.3. The second-order valence-electron chi connectivity index (χ2n) is 4.47. The molecule has 6 nitrogen and oxygen atoms in total. The second-order valence-corrected chi connectivity index (χ2v) is 5.70. The van der Waals surface area contributed by atoms with Crippen molar-refractivity contribution in [2.45, 2.75) is 25.9 Å². The maximum atomic E-state index is 11.7. The molecule has 7 heteroatoms. The molecular weight excluding hydrogens is 250 g/mol. The van der Waals surface area contributed by atoms with Crippen molar-refractivity contribution in [3.63, 3.8) is 0 Å². The van der Waals surface area contributed by atoms with E-state index < -0.39 is 0 Å². The Kier molecular flexibility index (Phi) is 5.00. The number of nitrogens with zero attached hydrogens (tertiary/aromatic N) is 3. The van der Waals surface area contributed by atoms with Crippen LogP contribution in [0.3, 0.4) is 0 Å². The van der Waals surface area contributed by atoms with Gasteiger partial charge in [0.15, 0.2) is 0 Å². The van der Waals surface area contributed by atoms with Gasteiger partial charge in [0.25, 0.3) is 0 Å². The summed E-state index contributed by atoms with van der Waals surface area (Å²) in [6.45, 7) is 1.34. The molecule has 1 saturated heterocycles. The molecule has 0 bridgehead atoms. The Hall–Kier alpha value is -1.08.